The standard InChI is InChI=1S/C19H19FO2/c1-12(2)17-14(4)18(20)16(10-21)13(3)19(17)22-11-15-8-6-5-7-9-15/h5-10H,1,11H2,2-4H3. The van der Waals surface area contributed by atoms with E-state index in [0.717, 1.165) is 5.56 Å². The molecule has 0 saturated heterocycles. The van der Waals surface area contributed by atoms with E-state index < -0.39 is 5.82 Å². The van der Waals surface area contributed by atoms with Crippen LogP contribution < -0.4 is 4.74 Å². The second kappa shape index (κ2) is 6.56. The molecule has 0 radical (unpaired) electrons. The number of hydrogen-bond acceptors (Lipinski definition) is 2. The summed E-state index contributed by atoms with van der Waals surface area (Å²) < 4.78 is 20.2. The van der Waals surface area contributed by atoms with E-state index in [2.05, 4.69) is 6.58 Å². The van der Waals surface area contributed by atoms with Crippen LogP contribution in [-0.4, -0.2) is 6.29 Å². The van der Waals surface area contributed by atoms with Crippen LogP contribution in [-0.2, 0) is 6.61 Å². The SMILES string of the molecule is C=C(C)c1c(C)c(F)c(C=O)c(C)c1OCc1ccccc1. The molecule has 0 heterocycles. The van der Waals surface area contributed by atoms with Crippen LogP contribution in [0, 0.1) is 19.7 Å². The highest BCUT2D eigenvalue weighted by Crippen LogP contribution is 2.36. The molecule has 3 heteroatoms. The fourth-order valence-corrected chi connectivity index (χ4v) is 2.52. The first kappa shape index (κ1) is 16.0. The minimum atomic E-state index is -0.502. The molecule has 0 atom stereocenters. The molecule has 2 rings (SSSR count). The number of hydrogen-bond donors (Lipinski definition) is 0. The van der Waals surface area contributed by atoms with Crippen LogP contribution in [0.1, 0.15) is 39.5 Å². The first-order valence-electron chi connectivity index (χ1n) is 7.07. The van der Waals surface area contributed by atoms with Crippen molar-refractivity contribution in [1.82, 2.24) is 0 Å². The zero-order chi connectivity index (χ0) is 16.3. The summed E-state index contributed by atoms with van der Waals surface area (Å²) in [5, 5.41) is 0. The zero-order valence-electron chi connectivity index (χ0n) is 13.1. The summed E-state index contributed by atoms with van der Waals surface area (Å²) in [4.78, 5) is 11.2. The van der Waals surface area contributed by atoms with Gasteiger partial charge in [-0.05, 0) is 37.5 Å². The van der Waals surface area contributed by atoms with Crippen molar-refractivity contribution in [3.8, 4) is 5.75 Å². The Morgan fingerprint density at radius 3 is 2.41 bits per heavy atom. The van der Waals surface area contributed by atoms with E-state index in [0.29, 0.717) is 40.9 Å². The van der Waals surface area contributed by atoms with Crippen molar-refractivity contribution in [3.63, 3.8) is 0 Å². The molecule has 0 amide bonds. The molecule has 0 aromatic heterocycles. The average Bonchev–Trinajstić information content (AvgIpc) is 2.50. The van der Waals surface area contributed by atoms with E-state index in [1.54, 1.807) is 20.8 Å². The van der Waals surface area contributed by atoms with Crippen LogP contribution in [0.5, 0.6) is 5.75 Å². The number of rotatable bonds is 5. The summed E-state index contributed by atoms with van der Waals surface area (Å²) in [6, 6.07) is 9.69. The third-order valence-electron chi connectivity index (χ3n) is 3.68. The van der Waals surface area contributed by atoms with Crippen LogP contribution in [0.15, 0.2) is 36.9 Å². The van der Waals surface area contributed by atoms with E-state index in [4.69, 9.17) is 4.74 Å². The largest absolute Gasteiger partial charge is 0.488 e. The van der Waals surface area contributed by atoms with Gasteiger partial charge in [-0.2, -0.15) is 0 Å². The summed E-state index contributed by atoms with van der Waals surface area (Å²) in [6.07, 6.45) is 0.537. The number of carbonyl (C=O) groups is 1. The molecule has 0 saturated carbocycles. The highest BCUT2D eigenvalue weighted by Gasteiger charge is 2.21. The van der Waals surface area contributed by atoms with Gasteiger partial charge in [0.1, 0.15) is 18.2 Å². The minimum Gasteiger partial charge on any atom is -0.488 e. The molecule has 0 aliphatic carbocycles. The second-order valence-electron chi connectivity index (χ2n) is 5.35. The summed E-state index contributed by atoms with van der Waals surface area (Å²) in [5.74, 6) is 0.0231. The Kier molecular flexibility index (Phi) is 4.76. The Morgan fingerprint density at radius 2 is 1.86 bits per heavy atom. The fraction of sp³-hybridized carbons (Fsp3) is 0.211. The lowest BCUT2D eigenvalue weighted by molar-refractivity contribution is 0.111. The predicted octanol–water partition coefficient (Wildman–Crippen LogP) is 4.87. The van der Waals surface area contributed by atoms with Crippen LogP contribution in [0.2, 0.25) is 0 Å². The minimum absolute atomic E-state index is 0.0468. The molecule has 0 aliphatic heterocycles. The topological polar surface area (TPSA) is 26.3 Å². The summed E-state index contributed by atoms with van der Waals surface area (Å²) in [5.41, 5.74) is 3.29. The van der Waals surface area contributed by atoms with Crippen molar-refractivity contribution in [2.24, 2.45) is 0 Å². The fourth-order valence-electron chi connectivity index (χ4n) is 2.52. The number of aldehydes is 1. The maximum atomic E-state index is 14.3. The van der Waals surface area contributed by atoms with Gasteiger partial charge in [0.25, 0.3) is 0 Å². The van der Waals surface area contributed by atoms with Gasteiger partial charge >= 0.3 is 0 Å². The monoisotopic (exact) mass is 298 g/mol. The third-order valence-corrected chi connectivity index (χ3v) is 3.68. The Labute approximate surface area is 130 Å². The lowest BCUT2D eigenvalue weighted by Crippen LogP contribution is -2.07. The Morgan fingerprint density at radius 1 is 1.23 bits per heavy atom. The summed E-state index contributed by atoms with van der Waals surface area (Å²) >= 11 is 0. The maximum absolute atomic E-state index is 14.3. The van der Waals surface area contributed by atoms with E-state index in [1.165, 1.54) is 0 Å². The molecular weight excluding hydrogens is 279 g/mol. The van der Waals surface area contributed by atoms with Crippen molar-refractivity contribution in [3.05, 3.63) is 70.5 Å². The molecule has 114 valence electrons. The van der Waals surface area contributed by atoms with Crippen LogP contribution in [0.25, 0.3) is 5.57 Å². The van der Waals surface area contributed by atoms with E-state index in [1.807, 2.05) is 30.3 Å². The quantitative estimate of drug-likeness (QED) is 0.736. The highest BCUT2D eigenvalue weighted by atomic mass is 19.1. The molecule has 2 nitrogen and oxygen atoms in total. The lowest BCUT2D eigenvalue weighted by atomic mass is 9.94. The summed E-state index contributed by atoms with van der Waals surface area (Å²) in [7, 11) is 0. The first-order chi connectivity index (χ1) is 10.5. The van der Waals surface area contributed by atoms with Crippen LogP contribution in [0.4, 0.5) is 4.39 Å². The molecule has 0 bridgehead atoms. The first-order valence-corrected chi connectivity index (χ1v) is 7.07. The van der Waals surface area contributed by atoms with Gasteiger partial charge in [0.15, 0.2) is 6.29 Å². The number of halogens is 1. The summed E-state index contributed by atoms with van der Waals surface area (Å²) in [6.45, 7) is 9.39. The van der Waals surface area contributed by atoms with E-state index in [-0.39, 0.29) is 5.56 Å². The second-order valence-corrected chi connectivity index (χ2v) is 5.35. The Balaban J connectivity index is 2.51. The van der Waals surface area contributed by atoms with Crippen molar-refractivity contribution in [1.29, 1.82) is 0 Å². The van der Waals surface area contributed by atoms with E-state index >= 15 is 0 Å². The average molecular weight is 298 g/mol. The van der Waals surface area contributed by atoms with Crippen LogP contribution in [0.3, 0.4) is 0 Å². The van der Waals surface area contributed by atoms with Gasteiger partial charge < -0.3 is 4.74 Å². The number of benzene rings is 2. The number of ether oxygens (including phenoxy) is 1. The van der Waals surface area contributed by atoms with Gasteiger partial charge in [0, 0.05) is 11.1 Å². The third kappa shape index (κ3) is 2.93. The van der Waals surface area contributed by atoms with Crippen molar-refractivity contribution < 1.29 is 13.9 Å². The smallest absolute Gasteiger partial charge is 0.153 e. The normalized spacial score (nSPS) is 10.4. The number of carbonyl (C=O) groups excluding carboxylic acids is 1. The molecule has 2 aromatic carbocycles. The Hall–Kier alpha value is -2.42. The lowest BCUT2D eigenvalue weighted by Gasteiger charge is -2.19. The van der Waals surface area contributed by atoms with Gasteiger partial charge in [-0.25, -0.2) is 4.39 Å². The Bertz CT molecular complexity index is 718. The van der Waals surface area contributed by atoms with Gasteiger partial charge in [0.2, 0.25) is 0 Å². The number of allylic oxidation sites excluding steroid dienone is 1. The molecule has 2 aromatic rings. The predicted molar refractivity (Wildman–Crippen MR) is 86.7 cm³/mol. The molecule has 0 fully saturated rings. The van der Waals surface area contributed by atoms with Gasteiger partial charge in [-0.3, -0.25) is 4.79 Å². The molecule has 22 heavy (non-hydrogen) atoms. The van der Waals surface area contributed by atoms with Gasteiger partial charge in [-0.1, -0.05) is 36.9 Å². The molecular formula is C19H19FO2. The van der Waals surface area contributed by atoms with Crippen molar-refractivity contribution in [2.75, 3.05) is 0 Å². The molecule has 0 unspecified atom stereocenters. The zero-order valence-corrected chi connectivity index (χ0v) is 13.1. The van der Waals surface area contributed by atoms with E-state index in [9.17, 15) is 9.18 Å². The van der Waals surface area contributed by atoms with Gasteiger partial charge in [-0.15, -0.1) is 0 Å². The van der Waals surface area contributed by atoms with Crippen LogP contribution >= 0.6 is 0 Å². The van der Waals surface area contributed by atoms with Crippen molar-refractivity contribution in [2.45, 2.75) is 27.4 Å². The van der Waals surface area contributed by atoms with Crippen molar-refractivity contribution >= 4 is 11.9 Å². The molecule has 0 N–H and O–H groups in total. The molecule has 0 spiro atoms. The maximum Gasteiger partial charge on any atom is 0.153 e. The van der Waals surface area contributed by atoms with Gasteiger partial charge in [0.05, 0.1) is 5.56 Å². The molecule has 0 aliphatic rings. The highest BCUT2D eigenvalue weighted by molar-refractivity contribution is 5.84.